The van der Waals surface area contributed by atoms with E-state index in [-0.39, 0.29) is 12.2 Å². The SMILES string of the molecule is O=C1CC(=O)C2=C/C=C\C=C/C=C2O1. The highest BCUT2D eigenvalue weighted by Gasteiger charge is 2.26. The highest BCUT2D eigenvalue weighted by molar-refractivity contribution is 6.11. The van der Waals surface area contributed by atoms with Crippen molar-refractivity contribution in [2.75, 3.05) is 0 Å². The van der Waals surface area contributed by atoms with Crippen LogP contribution in [-0.2, 0) is 14.3 Å². The lowest BCUT2D eigenvalue weighted by atomic mass is 10.0. The second-order valence-corrected chi connectivity index (χ2v) is 2.96. The third kappa shape index (κ3) is 1.57. The van der Waals surface area contributed by atoms with Gasteiger partial charge in [0.25, 0.3) is 0 Å². The maximum atomic E-state index is 11.4. The third-order valence-electron chi connectivity index (χ3n) is 1.94. The van der Waals surface area contributed by atoms with Gasteiger partial charge in [-0.15, -0.1) is 0 Å². The maximum Gasteiger partial charge on any atom is 0.319 e. The number of Topliss-reactive ketones (excluding diaryl/α,β-unsaturated/α-hetero) is 1. The molecule has 2 aliphatic rings. The Bertz CT molecular complexity index is 408. The lowest BCUT2D eigenvalue weighted by Crippen LogP contribution is -2.22. The summed E-state index contributed by atoms with van der Waals surface area (Å²) in [5, 5.41) is 0. The number of carbonyl (C=O) groups is 2. The standard InChI is InChI=1S/C11H8O3/c12-9-7-11(13)14-10-6-4-2-1-3-5-8(9)10/h1-6H,7H2/b2-1?,3-1-,4-2-,5-3?,6-4?,8-5?,10-6?. The average Bonchev–Trinajstić information content (AvgIpc) is 2.07. The molecule has 0 atom stereocenters. The normalized spacial score (nSPS) is 24.9. The maximum absolute atomic E-state index is 11.4. The van der Waals surface area contributed by atoms with Crippen molar-refractivity contribution in [2.45, 2.75) is 6.42 Å². The van der Waals surface area contributed by atoms with Crippen molar-refractivity contribution in [1.29, 1.82) is 0 Å². The lowest BCUT2D eigenvalue weighted by Gasteiger charge is -2.16. The van der Waals surface area contributed by atoms with Crippen LogP contribution in [0.4, 0.5) is 0 Å². The largest absolute Gasteiger partial charge is 0.425 e. The van der Waals surface area contributed by atoms with E-state index in [1.165, 1.54) is 0 Å². The molecule has 70 valence electrons. The monoisotopic (exact) mass is 188 g/mol. The zero-order valence-electron chi connectivity index (χ0n) is 7.40. The van der Waals surface area contributed by atoms with Gasteiger partial charge in [-0.2, -0.15) is 0 Å². The Hall–Kier alpha value is -1.90. The summed E-state index contributed by atoms with van der Waals surface area (Å²) in [6, 6.07) is 0. The smallest absolute Gasteiger partial charge is 0.319 e. The Morgan fingerprint density at radius 2 is 1.71 bits per heavy atom. The second-order valence-electron chi connectivity index (χ2n) is 2.96. The summed E-state index contributed by atoms with van der Waals surface area (Å²) in [6.45, 7) is 0. The van der Waals surface area contributed by atoms with E-state index >= 15 is 0 Å². The van der Waals surface area contributed by atoms with Crippen LogP contribution in [0.1, 0.15) is 6.42 Å². The first-order valence-electron chi connectivity index (χ1n) is 4.27. The number of ketones is 1. The second kappa shape index (κ2) is 3.46. The number of carbonyl (C=O) groups excluding carboxylic acids is 2. The summed E-state index contributed by atoms with van der Waals surface area (Å²) in [5.74, 6) is -0.337. The quantitative estimate of drug-likeness (QED) is 0.426. The molecule has 0 aromatic carbocycles. The minimum absolute atomic E-state index is 0.166. The van der Waals surface area contributed by atoms with Gasteiger partial charge < -0.3 is 4.74 Å². The summed E-state index contributed by atoms with van der Waals surface area (Å²) in [5.41, 5.74) is 0.463. The minimum atomic E-state index is -0.489. The van der Waals surface area contributed by atoms with E-state index in [0.29, 0.717) is 11.3 Å². The summed E-state index contributed by atoms with van der Waals surface area (Å²) >= 11 is 0. The summed E-state index contributed by atoms with van der Waals surface area (Å²) in [6.07, 6.45) is 10.2. The van der Waals surface area contributed by atoms with Crippen molar-refractivity contribution >= 4 is 11.8 Å². The number of allylic oxidation sites excluding steroid dienone is 7. The highest BCUT2D eigenvalue weighted by Crippen LogP contribution is 2.22. The minimum Gasteiger partial charge on any atom is -0.425 e. The zero-order valence-corrected chi connectivity index (χ0v) is 7.40. The molecule has 14 heavy (non-hydrogen) atoms. The molecule has 0 spiro atoms. The molecule has 1 aliphatic carbocycles. The van der Waals surface area contributed by atoms with E-state index in [1.807, 2.05) is 6.08 Å². The van der Waals surface area contributed by atoms with Gasteiger partial charge in [-0.05, 0) is 12.2 Å². The van der Waals surface area contributed by atoms with Gasteiger partial charge in [-0.1, -0.05) is 24.3 Å². The molecule has 0 aromatic heterocycles. The lowest BCUT2D eigenvalue weighted by molar-refractivity contribution is -0.143. The van der Waals surface area contributed by atoms with E-state index < -0.39 is 5.97 Å². The first-order chi connectivity index (χ1) is 6.77. The van der Waals surface area contributed by atoms with Crippen LogP contribution >= 0.6 is 0 Å². The van der Waals surface area contributed by atoms with Crippen LogP contribution in [0, 0.1) is 0 Å². The molecule has 3 nitrogen and oxygen atoms in total. The number of fused-ring (bicyclic) bond motifs is 1. The summed E-state index contributed by atoms with van der Waals surface area (Å²) < 4.78 is 4.94. The molecule has 1 saturated heterocycles. The number of ether oxygens (including phenoxy) is 1. The molecule has 0 bridgehead atoms. The van der Waals surface area contributed by atoms with Gasteiger partial charge in [0, 0.05) is 0 Å². The molecule has 3 heteroatoms. The molecule has 0 saturated carbocycles. The number of esters is 1. The molecule has 0 amide bonds. The average molecular weight is 188 g/mol. The van der Waals surface area contributed by atoms with E-state index in [2.05, 4.69) is 0 Å². The van der Waals surface area contributed by atoms with Crippen LogP contribution in [0.15, 0.2) is 47.8 Å². The van der Waals surface area contributed by atoms with Crippen molar-refractivity contribution < 1.29 is 14.3 Å². The van der Waals surface area contributed by atoms with Crippen LogP contribution in [-0.4, -0.2) is 11.8 Å². The van der Waals surface area contributed by atoms with Gasteiger partial charge in [-0.25, -0.2) is 0 Å². The Morgan fingerprint density at radius 1 is 1.00 bits per heavy atom. The van der Waals surface area contributed by atoms with Crippen molar-refractivity contribution in [1.82, 2.24) is 0 Å². The van der Waals surface area contributed by atoms with Gasteiger partial charge in [0.2, 0.25) is 0 Å². The first-order valence-corrected chi connectivity index (χ1v) is 4.27. The number of rotatable bonds is 0. The molecule has 1 heterocycles. The number of hydrogen-bond acceptors (Lipinski definition) is 3. The van der Waals surface area contributed by atoms with Crippen LogP contribution < -0.4 is 0 Å². The van der Waals surface area contributed by atoms with Gasteiger partial charge in [-0.3, -0.25) is 9.59 Å². The fourth-order valence-corrected chi connectivity index (χ4v) is 1.30. The Morgan fingerprint density at radius 3 is 2.50 bits per heavy atom. The van der Waals surface area contributed by atoms with E-state index in [9.17, 15) is 9.59 Å². The molecular weight excluding hydrogens is 180 g/mol. The molecule has 0 N–H and O–H groups in total. The van der Waals surface area contributed by atoms with Crippen LogP contribution in [0.25, 0.3) is 0 Å². The fourth-order valence-electron chi connectivity index (χ4n) is 1.30. The first kappa shape index (κ1) is 8.69. The van der Waals surface area contributed by atoms with Crippen LogP contribution in [0.3, 0.4) is 0 Å². The number of hydrogen-bond donors (Lipinski definition) is 0. The van der Waals surface area contributed by atoms with Crippen LogP contribution in [0.5, 0.6) is 0 Å². The van der Waals surface area contributed by atoms with Gasteiger partial charge in [0.05, 0.1) is 5.57 Å². The summed E-state index contributed by atoms with van der Waals surface area (Å²) in [4.78, 5) is 22.4. The molecule has 0 unspecified atom stereocenters. The van der Waals surface area contributed by atoms with E-state index in [0.717, 1.165) is 0 Å². The van der Waals surface area contributed by atoms with Crippen molar-refractivity contribution in [3.05, 3.63) is 47.8 Å². The predicted octanol–water partition coefficient (Wildman–Crippen LogP) is 1.44. The Labute approximate surface area is 81.1 Å². The molecule has 1 aliphatic heterocycles. The third-order valence-corrected chi connectivity index (χ3v) is 1.94. The highest BCUT2D eigenvalue weighted by atomic mass is 16.5. The van der Waals surface area contributed by atoms with Crippen molar-refractivity contribution in [3.63, 3.8) is 0 Å². The zero-order chi connectivity index (χ0) is 9.97. The molecule has 0 radical (unpaired) electrons. The Balaban J connectivity index is 2.42. The van der Waals surface area contributed by atoms with E-state index in [1.54, 1.807) is 30.4 Å². The van der Waals surface area contributed by atoms with Crippen molar-refractivity contribution in [2.24, 2.45) is 0 Å². The molecule has 0 aromatic rings. The molecular formula is C11H8O3. The van der Waals surface area contributed by atoms with Gasteiger partial charge >= 0.3 is 5.97 Å². The van der Waals surface area contributed by atoms with E-state index in [4.69, 9.17) is 4.74 Å². The topological polar surface area (TPSA) is 43.4 Å². The molecule has 2 rings (SSSR count). The van der Waals surface area contributed by atoms with Gasteiger partial charge in [0.1, 0.15) is 12.2 Å². The molecule has 1 fully saturated rings. The van der Waals surface area contributed by atoms with Crippen LogP contribution in [0.2, 0.25) is 0 Å². The Kier molecular flexibility index (Phi) is 2.14. The fraction of sp³-hybridized carbons (Fsp3) is 0.0909. The predicted molar refractivity (Wildman–Crippen MR) is 50.2 cm³/mol. The van der Waals surface area contributed by atoms with Gasteiger partial charge in [0.15, 0.2) is 5.78 Å². The summed E-state index contributed by atoms with van der Waals surface area (Å²) in [7, 11) is 0. The van der Waals surface area contributed by atoms with Crippen molar-refractivity contribution in [3.8, 4) is 0 Å².